The molecule has 0 amide bonds. The largest absolute Gasteiger partial charge is 0.507 e. The van der Waals surface area contributed by atoms with E-state index < -0.39 is 30.5 Å². The monoisotopic (exact) mass is 425 g/mol. The Labute approximate surface area is 169 Å². The van der Waals surface area contributed by atoms with Gasteiger partial charge in [-0.1, -0.05) is 0 Å². The zero-order valence-corrected chi connectivity index (χ0v) is 16.3. The van der Waals surface area contributed by atoms with Crippen molar-refractivity contribution in [3.8, 4) is 23.1 Å². The van der Waals surface area contributed by atoms with Gasteiger partial charge in [-0.15, -0.1) is 11.3 Å². The Morgan fingerprint density at radius 1 is 1.48 bits per heavy atom. The number of halogens is 3. The Morgan fingerprint density at radius 3 is 2.90 bits per heavy atom. The van der Waals surface area contributed by atoms with Crippen molar-refractivity contribution in [3.63, 3.8) is 0 Å². The zero-order chi connectivity index (χ0) is 21.2. The number of hydrogen-bond donors (Lipinski definition) is 1. The van der Waals surface area contributed by atoms with Crippen molar-refractivity contribution in [2.24, 2.45) is 11.8 Å². The standard InChI is InChI=1S/C19H18F3N3O3S/c1-2-28-17(27)12-5-6-25(9-14(12)19(20,21)22)18-24-15(10-29-18)13-7-11(8-23)3-4-16(13)26/h3-4,7,10,12,14,26H,2,5-6,9H2,1H3. The highest BCUT2D eigenvalue weighted by Gasteiger charge is 2.51. The number of nitrogens with zero attached hydrogens (tertiary/aromatic N) is 3. The average molecular weight is 425 g/mol. The molecule has 29 heavy (non-hydrogen) atoms. The van der Waals surface area contributed by atoms with Crippen LogP contribution in [0.1, 0.15) is 18.9 Å². The van der Waals surface area contributed by atoms with E-state index in [1.807, 2.05) is 6.07 Å². The molecule has 2 unspecified atom stereocenters. The van der Waals surface area contributed by atoms with E-state index in [1.54, 1.807) is 12.3 Å². The first-order valence-corrected chi connectivity index (χ1v) is 9.79. The lowest BCUT2D eigenvalue weighted by Gasteiger charge is -2.38. The Morgan fingerprint density at radius 2 is 2.24 bits per heavy atom. The van der Waals surface area contributed by atoms with Gasteiger partial charge in [0.05, 0.1) is 35.8 Å². The molecule has 2 heterocycles. The molecule has 3 rings (SSSR count). The van der Waals surface area contributed by atoms with Crippen LogP contribution in [0, 0.1) is 23.2 Å². The van der Waals surface area contributed by atoms with Crippen LogP contribution in [0.4, 0.5) is 18.3 Å². The number of aromatic nitrogens is 1. The molecule has 0 radical (unpaired) electrons. The van der Waals surface area contributed by atoms with E-state index in [1.165, 1.54) is 23.1 Å². The maximum atomic E-state index is 13.6. The molecular formula is C19H18F3N3O3S. The molecule has 0 saturated carbocycles. The minimum Gasteiger partial charge on any atom is -0.507 e. The van der Waals surface area contributed by atoms with Gasteiger partial charge in [-0.25, -0.2) is 4.98 Å². The van der Waals surface area contributed by atoms with E-state index in [0.717, 1.165) is 11.3 Å². The summed E-state index contributed by atoms with van der Waals surface area (Å²) < 4.78 is 45.5. The number of alkyl halides is 3. The molecule has 1 aromatic carbocycles. The Bertz CT molecular complexity index is 939. The van der Waals surface area contributed by atoms with E-state index in [2.05, 4.69) is 4.98 Å². The molecule has 0 spiro atoms. The summed E-state index contributed by atoms with van der Waals surface area (Å²) in [5, 5.41) is 21.0. The highest BCUT2D eigenvalue weighted by Crippen LogP contribution is 2.41. The first-order chi connectivity index (χ1) is 13.7. The van der Waals surface area contributed by atoms with Gasteiger partial charge in [0.2, 0.25) is 0 Å². The fraction of sp³-hybridized carbons (Fsp3) is 0.421. The lowest BCUT2D eigenvalue weighted by Crippen LogP contribution is -2.49. The van der Waals surface area contributed by atoms with E-state index in [0.29, 0.717) is 22.0 Å². The van der Waals surface area contributed by atoms with Crippen LogP contribution < -0.4 is 4.90 Å². The number of anilines is 1. The van der Waals surface area contributed by atoms with Crippen molar-refractivity contribution in [3.05, 3.63) is 29.1 Å². The summed E-state index contributed by atoms with van der Waals surface area (Å²) in [7, 11) is 0. The summed E-state index contributed by atoms with van der Waals surface area (Å²) in [4.78, 5) is 17.8. The first-order valence-electron chi connectivity index (χ1n) is 8.92. The van der Waals surface area contributed by atoms with Crippen LogP contribution in [0.25, 0.3) is 11.3 Å². The highest BCUT2D eigenvalue weighted by molar-refractivity contribution is 7.14. The molecule has 1 aromatic heterocycles. The van der Waals surface area contributed by atoms with Crippen molar-refractivity contribution in [2.45, 2.75) is 19.5 Å². The third kappa shape index (κ3) is 4.45. The van der Waals surface area contributed by atoms with E-state index >= 15 is 0 Å². The number of piperidine rings is 1. The summed E-state index contributed by atoms with van der Waals surface area (Å²) in [6.45, 7) is 1.42. The summed E-state index contributed by atoms with van der Waals surface area (Å²) in [6, 6.07) is 6.27. The Balaban J connectivity index is 1.84. The normalized spacial score (nSPS) is 19.6. The van der Waals surface area contributed by atoms with Crippen LogP contribution in [0.5, 0.6) is 5.75 Å². The third-order valence-electron chi connectivity index (χ3n) is 4.79. The summed E-state index contributed by atoms with van der Waals surface area (Å²) in [5.74, 6) is -3.98. The molecule has 2 aromatic rings. The van der Waals surface area contributed by atoms with Gasteiger partial charge in [-0.3, -0.25) is 4.79 Å². The van der Waals surface area contributed by atoms with Crippen LogP contribution in [-0.2, 0) is 9.53 Å². The second-order valence-electron chi connectivity index (χ2n) is 6.60. The van der Waals surface area contributed by atoms with Crippen molar-refractivity contribution >= 4 is 22.4 Å². The first kappa shape index (κ1) is 20.9. The van der Waals surface area contributed by atoms with Gasteiger partial charge >= 0.3 is 12.1 Å². The van der Waals surface area contributed by atoms with Gasteiger partial charge in [-0.2, -0.15) is 18.4 Å². The number of thiazole rings is 1. The summed E-state index contributed by atoms with van der Waals surface area (Å²) in [5.41, 5.74) is 1.04. The maximum Gasteiger partial charge on any atom is 0.394 e. The van der Waals surface area contributed by atoms with Crippen molar-refractivity contribution in [1.29, 1.82) is 5.26 Å². The SMILES string of the molecule is CCOC(=O)C1CCN(c2nc(-c3cc(C#N)ccc3O)cs2)CC1C(F)(F)F. The molecule has 0 aliphatic carbocycles. The minimum atomic E-state index is -4.55. The number of aromatic hydroxyl groups is 1. The summed E-state index contributed by atoms with van der Waals surface area (Å²) in [6.07, 6.45) is -4.54. The molecule has 1 aliphatic heterocycles. The predicted molar refractivity (Wildman–Crippen MR) is 100 cm³/mol. The van der Waals surface area contributed by atoms with Gasteiger partial charge in [0.15, 0.2) is 5.13 Å². The van der Waals surface area contributed by atoms with E-state index in [-0.39, 0.29) is 25.3 Å². The molecular weight excluding hydrogens is 407 g/mol. The molecule has 2 atom stereocenters. The number of benzene rings is 1. The fourth-order valence-corrected chi connectivity index (χ4v) is 4.20. The van der Waals surface area contributed by atoms with Crippen molar-refractivity contribution in [1.82, 2.24) is 4.98 Å². The second-order valence-corrected chi connectivity index (χ2v) is 7.44. The average Bonchev–Trinajstić information content (AvgIpc) is 3.17. The lowest BCUT2D eigenvalue weighted by atomic mass is 9.85. The molecule has 1 fully saturated rings. The van der Waals surface area contributed by atoms with E-state index in [9.17, 15) is 23.1 Å². The van der Waals surface area contributed by atoms with Crippen molar-refractivity contribution < 1.29 is 27.8 Å². The smallest absolute Gasteiger partial charge is 0.394 e. The van der Waals surface area contributed by atoms with Gasteiger partial charge < -0.3 is 14.7 Å². The predicted octanol–water partition coefficient (Wildman–Crippen LogP) is 3.96. The van der Waals surface area contributed by atoms with Gasteiger partial charge in [0.25, 0.3) is 0 Å². The summed E-state index contributed by atoms with van der Waals surface area (Å²) >= 11 is 1.14. The highest BCUT2D eigenvalue weighted by atomic mass is 32.1. The second kappa shape index (κ2) is 8.29. The molecule has 154 valence electrons. The molecule has 1 saturated heterocycles. The van der Waals surface area contributed by atoms with Gasteiger partial charge in [0.1, 0.15) is 5.75 Å². The molecule has 1 N–H and O–H groups in total. The van der Waals surface area contributed by atoms with Gasteiger partial charge in [0, 0.05) is 24.0 Å². The van der Waals surface area contributed by atoms with Crippen LogP contribution in [0.3, 0.4) is 0 Å². The van der Waals surface area contributed by atoms with E-state index in [4.69, 9.17) is 10.00 Å². The molecule has 1 aliphatic rings. The number of esters is 1. The lowest BCUT2D eigenvalue weighted by molar-refractivity contribution is -0.199. The topological polar surface area (TPSA) is 86.5 Å². The Hall–Kier alpha value is -2.80. The fourth-order valence-electron chi connectivity index (χ4n) is 3.33. The van der Waals surface area contributed by atoms with Crippen molar-refractivity contribution in [2.75, 3.05) is 24.6 Å². The number of rotatable bonds is 4. The number of hydrogen-bond acceptors (Lipinski definition) is 7. The number of ether oxygens (including phenoxy) is 1. The molecule has 0 bridgehead atoms. The number of nitriles is 1. The quantitative estimate of drug-likeness (QED) is 0.747. The Kier molecular flexibility index (Phi) is 5.98. The number of phenols is 1. The molecule has 10 heteroatoms. The van der Waals surface area contributed by atoms with Gasteiger partial charge in [-0.05, 0) is 31.5 Å². The minimum absolute atomic E-state index is 0.00703. The number of carbonyl (C=O) groups is 1. The van der Waals surface area contributed by atoms with Crippen LogP contribution in [0.15, 0.2) is 23.6 Å². The van der Waals surface area contributed by atoms with Crippen LogP contribution >= 0.6 is 11.3 Å². The maximum absolute atomic E-state index is 13.6. The van der Waals surface area contributed by atoms with Crippen LogP contribution in [0.2, 0.25) is 0 Å². The van der Waals surface area contributed by atoms with Crippen LogP contribution in [-0.4, -0.2) is 41.9 Å². The molecule has 6 nitrogen and oxygen atoms in total. The zero-order valence-electron chi connectivity index (χ0n) is 15.4. The number of carbonyl (C=O) groups excluding carboxylic acids is 1. The third-order valence-corrected chi connectivity index (χ3v) is 5.69. The number of phenolic OH excluding ortho intramolecular Hbond substituents is 1.